The Labute approximate surface area is 117 Å². The minimum Gasteiger partial charge on any atom is -0.490 e. The highest BCUT2D eigenvalue weighted by Crippen LogP contribution is 2.27. The first-order valence-corrected chi connectivity index (χ1v) is 6.27. The minimum absolute atomic E-state index is 0.0178. The van der Waals surface area contributed by atoms with Crippen molar-refractivity contribution in [1.29, 1.82) is 5.26 Å². The fourth-order valence-electron chi connectivity index (χ4n) is 1.75. The topological polar surface area (TPSA) is 42.2 Å². The fourth-order valence-corrected chi connectivity index (χ4v) is 1.75. The average molecular weight is 271 g/mol. The maximum Gasteiger partial charge on any atom is 0.161 e. The van der Waals surface area contributed by atoms with Crippen LogP contribution in [0.3, 0.4) is 0 Å². The zero-order valence-corrected chi connectivity index (χ0v) is 11.1. The molecule has 2 aromatic rings. The lowest BCUT2D eigenvalue weighted by molar-refractivity contribution is 0.269. The van der Waals surface area contributed by atoms with Crippen LogP contribution in [-0.4, -0.2) is 6.61 Å². The van der Waals surface area contributed by atoms with Crippen LogP contribution in [0.4, 0.5) is 4.39 Å². The molecule has 0 spiro atoms. The van der Waals surface area contributed by atoms with E-state index in [0.29, 0.717) is 18.1 Å². The van der Waals surface area contributed by atoms with Crippen molar-refractivity contribution in [2.24, 2.45) is 0 Å². The van der Waals surface area contributed by atoms with Crippen molar-refractivity contribution in [3.63, 3.8) is 0 Å². The lowest BCUT2D eigenvalue weighted by atomic mass is 10.1. The van der Waals surface area contributed by atoms with Crippen LogP contribution in [0.2, 0.25) is 0 Å². The first-order valence-electron chi connectivity index (χ1n) is 6.27. The van der Waals surface area contributed by atoms with Crippen molar-refractivity contribution < 1.29 is 13.9 Å². The maximum absolute atomic E-state index is 13.2. The van der Waals surface area contributed by atoms with Crippen LogP contribution < -0.4 is 9.47 Å². The van der Waals surface area contributed by atoms with Gasteiger partial charge in [0.05, 0.1) is 12.2 Å². The van der Waals surface area contributed by atoms with E-state index in [1.165, 1.54) is 12.1 Å². The van der Waals surface area contributed by atoms with Gasteiger partial charge in [0.15, 0.2) is 11.5 Å². The highest BCUT2D eigenvalue weighted by molar-refractivity contribution is 5.40. The molecule has 0 fully saturated rings. The number of ether oxygens (including phenoxy) is 2. The Balaban J connectivity index is 2.11. The van der Waals surface area contributed by atoms with Gasteiger partial charge in [-0.2, -0.15) is 5.26 Å². The third kappa shape index (κ3) is 3.27. The summed E-state index contributed by atoms with van der Waals surface area (Å²) in [5, 5.41) is 8.79. The normalized spacial score (nSPS) is 9.85. The van der Waals surface area contributed by atoms with E-state index in [4.69, 9.17) is 14.7 Å². The molecule has 0 aliphatic rings. The van der Waals surface area contributed by atoms with Crippen LogP contribution in [0.1, 0.15) is 18.1 Å². The van der Waals surface area contributed by atoms with Gasteiger partial charge in [-0.25, -0.2) is 4.39 Å². The Bertz CT molecular complexity index is 635. The van der Waals surface area contributed by atoms with E-state index in [1.807, 2.05) is 31.2 Å². The molecule has 0 heterocycles. The molecule has 0 atom stereocenters. The van der Waals surface area contributed by atoms with Gasteiger partial charge in [-0.15, -0.1) is 0 Å². The van der Waals surface area contributed by atoms with Gasteiger partial charge in [-0.05, 0) is 36.8 Å². The first kappa shape index (κ1) is 13.9. The molecule has 0 saturated heterocycles. The number of rotatable bonds is 5. The number of hydrogen-bond donors (Lipinski definition) is 0. The SMILES string of the molecule is CCOc1ccccc1OCc1ccc(F)c(C#N)c1. The average Bonchev–Trinajstić information content (AvgIpc) is 2.48. The number of benzene rings is 2. The molecule has 2 rings (SSSR count). The molecular formula is C16H14FNO2. The predicted molar refractivity (Wildman–Crippen MR) is 73.1 cm³/mol. The van der Waals surface area contributed by atoms with E-state index in [0.717, 1.165) is 5.56 Å². The van der Waals surface area contributed by atoms with Gasteiger partial charge in [-0.1, -0.05) is 18.2 Å². The summed E-state index contributed by atoms with van der Waals surface area (Å²) in [6, 6.07) is 13.5. The molecule has 0 amide bonds. The van der Waals surface area contributed by atoms with Crippen LogP contribution in [-0.2, 0) is 6.61 Å². The number of nitriles is 1. The van der Waals surface area contributed by atoms with Crippen molar-refractivity contribution in [2.75, 3.05) is 6.61 Å². The van der Waals surface area contributed by atoms with E-state index < -0.39 is 5.82 Å². The van der Waals surface area contributed by atoms with E-state index in [1.54, 1.807) is 12.1 Å². The zero-order valence-electron chi connectivity index (χ0n) is 11.1. The molecule has 0 N–H and O–H groups in total. The molecule has 20 heavy (non-hydrogen) atoms. The summed E-state index contributed by atoms with van der Waals surface area (Å²) in [5.41, 5.74) is 0.749. The summed E-state index contributed by atoms with van der Waals surface area (Å²) in [4.78, 5) is 0. The van der Waals surface area contributed by atoms with Gasteiger partial charge in [0.1, 0.15) is 18.5 Å². The summed E-state index contributed by atoms with van der Waals surface area (Å²) in [6.07, 6.45) is 0. The standard InChI is InChI=1S/C16H14FNO2/c1-2-19-15-5-3-4-6-16(15)20-11-12-7-8-14(17)13(9-12)10-18/h3-9H,2,11H2,1H3. The summed E-state index contributed by atoms with van der Waals surface area (Å²) < 4.78 is 24.3. The summed E-state index contributed by atoms with van der Waals surface area (Å²) in [7, 11) is 0. The second-order valence-corrected chi connectivity index (χ2v) is 4.09. The maximum atomic E-state index is 13.2. The monoisotopic (exact) mass is 271 g/mol. The Hall–Kier alpha value is -2.54. The summed E-state index contributed by atoms with van der Waals surface area (Å²) in [6.45, 7) is 2.70. The van der Waals surface area contributed by atoms with Crippen LogP contribution in [0.5, 0.6) is 11.5 Å². The third-order valence-corrected chi connectivity index (χ3v) is 2.69. The number of nitrogens with zero attached hydrogens (tertiary/aromatic N) is 1. The molecule has 0 bridgehead atoms. The Morgan fingerprint density at radius 1 is 1.10 bits per heavy atom. The molecule has 0 radical (unpaired) electrons. The Morgan fingerprint density at radius 2 is 1.80 bits per heavy atom. The van der Waals surface area contributed by atoms with Crippen molar-refractivity contribution in [2.45, 2.75) is 13.5 Å². The van der Waals surface area contributed by atoms with Crippen molar-refractivity contribution in [3.8, 4) is 17.6 Å². The van der Waals surface area contributed by atoms with E-state index >= 15 is 0 Å². The largest absolute Gasteiger partial charge is 0.490 e. The van der Waals surface area contributed by atoms with Crippen molar-refractivity contribution in [1.82, 2.24) is 0 Å². The van der Waals surface area contributed by atoms with Gasteiger partial charge in [0.25, 0.3) is 0 Å². The van der Waals surface area contributed by atoms with Gasteiger partial charge in [-0.3, -0.25) is 0 Å². The first-order chi connectivity index (χ1) is 9.74. The number of hydrogen-bond acceptors (Lipinski definition) is 3. The second kappa shape index (κ2) is 6.58. The van der Waals surface area contributed by atoms with Crippen LogP contribution in [0, 0.1) is 17.1 Å². The molecule has 0 saturated carbocycles. The smallest absolute Gasteiger partial charge is 0.161 e. The summed E-state index contributed by atoms with van der Waals surface area (Å²) >= 11 is 0. The van der Waals surface area contributed by atoms with Crippen molar-refractivity contribution >= 4 is 0 Å². The Morgan fingerprint density at radius 3 is 2.45 bits per heavy atom. The van der Waals surface area contributed by atoms with Gasteiger partial charge in [0, 0.05) is 0 Å². The van der Waals surface area contributed by atoms with Crippen LogP contribution in [0.15, 0.2) is 42.5 Å². The lowest BCUT2D eigenvalue weighted by Gasteiger charge is -2.11. The minimum atomic E-state index is -0.522. The van der Waals surface area contributed by atoms with Gasteiger partial charge < -0.3 is 9.47 Å². The molecule has 0 unspecified atom stereocenters. The number of halogens is 1. The molecule has 0 aliphatic carbocycles. The zero-order chi connectivity index (χ0) is 14.4. The van der Waals surface area contributed by atoms with E-state index in [9.17, 15) is 4.39 Å². The molecule has 4 heteroatoms. The molecule has 2 aromatic carbocycles. The molecule has 3 nitrogen and oxygen atoms in total. The Kier molecular flexibility index (Phi) is 4.56. The van der Waals surface area contributed by atoms with Crippen molar-refractivity contribution in [3.05, 3.63) is 59.4 Å². The van der Waals surface area contributed by atoms with Gasteiger partial charge >= 0.3 is 0 Å². The lowest BCUT2D eigenvalue weighted by Crippen LogP contribution is -2.00. The highest BCUT2D eigenvalue weighted by Gasteiger charge is 2.06. The fraction of sp³-hybridized carbons (Fsp3) is 0.188. The second-order valence-electron chi connectivity index (χ2n) is 4.09. The van der Waals surface area contributed by atoms with Crippen LogP contribution in [0.25, 0.3) is 0 Å². The van der Waals surface area contributed by atoms with Crippen LogP contribution >= 0.6 is 0 Å². The molecular weight excluding hydrogens is 257 g/mol. The summed E-state index contributed by atoms with van der Waals surface area (Å²) in [5.74, 6) is 0.765. The highest BCUT2D eigenvalue weighted by atomic mass is 19.1. The molecule has 0 aromatic heterocycles. The molecule has 102 valence electrons. The van der Waals surface area contributed by atoms with E-state index in [2.05, 4.69) is 0 Å². The predicted octanol–water partition coefficient (Wildman–Crippen LogP) is 3.68. The van der Waals surface area contributed by atoms with Gasteiger partial charge in [0.2, 0.25) is 0 Å². The third-order valence-electron chi connectivity index (χ3n) is 2.69. The molecule has 0 aliphatic heterocycles. The quantitative estimate of drug-likeness (QED) is 0.833. The number of para-hydroxylation sites is 2. The van der Waals surface area contributed by atoms with E-state index in [-0.39, 0.29) is 12.2 Å².